The van der Waals surface area contributed by atoms with Crippen LogP contribution in [0, 0.1) is 6.92 Å². The summed E-state index contributed by atoms with van der Waals surface area (Å²) in [4.78, 5) is 16.3. The first-order valence-corrected chi connectivity index (χ1v) is 9.09. The molecule has 1 spiro atoms. The molecule has 0 aliphatic carbocycles. The molecule has 2 fully saturated rings. The van der Waals surface area contributed by atoms with Gasteiger partial charge < -0.3 is 15.0 Å². The molecule has 0 bridgehead atoms. The van der Waals surface area contributed by atoms with Crippen LogP contribution in [0.25, 0.3) is 11.4 Å². The molecule has 2 aliphatic rings. The molecule has 0 radical (unpaired) electrons. The Labute approximate surface area is 148 Å². The fourth-order valence-corrected chi connectivity index (χ4v) is 3.95. The Bertz CT molecular complexity index is 715. The molecule has 4 heterocycles. The highest BCUT2D eigenvalue weighted by atomic mass is 16.5. The van der Waals surface area contributed by atoms with Crippen LogP contribution in [-0.4, -0.2) is 53.3 Å². The molecule has 0 saturated carbocycles. The van der Waals surface area contributed by atoms with E-state index in [1.165, 1.54) is 0 Å². The lowest BCUT2D eigenvalue weighted by Gasteiger charge is -2.46. The maximum absolute atomic E-state index is 5.65. The zero-order valence-electron chi connectivity index (χ0n) is 14.7. The second kappa shape index (κ2) is 7.06. The van der Waals surface area contributed by atoms with Gasteiger partial charge in [-0.25, -0.2) is 9.97 Å². The fraction of sp³-hybridized carbons (Fsp3) is 0.526. The van der Waals surface area contributed by atoms with Gasteiger partial charge in [0.05, 0.1) is 0 Å². The van der Waals surface area contributed by atoms with Gasteiger partial charge in [0, 0.05) is 61.6 Å². The van der Waals surface area contributed by atoms with Crippen LogP contribution in [0.5, 0.6) is 0 Å². The van der Waals surface area contributed by atoms with Gasteiger partial charge in [0.2, 0.25) is 0 Å². The summed E-state index contributed by atoms with van der Waals surface area (Å²) in [6.07, 6.45) is 6.84. The SMILES string of the molecule is Cc1cc(N2CCNCCC23CCOCC3)nc(-c2cccnc2)n1. The summed E-state index contributed by atoms with van der Waals surface area (Å²) < 4.78 is 5.65. The van der Waals surface area contributed by atoms with Gasteiger partial charge >= 0.3 is 0 Å². The number of nitrogens with zero attached hydrogens (tertiary/aromatic N) is 4. The third-order valence-electron chi connectivity index (χ3n) is 5.31. The summed E-state index contributed by atoms with van der Waals surface area (Å²) in [6, 6.07) is 6.05. The van der Waals surface area contributed by atoms with E-state index in [0.717, 1.165) is 75.0 Å². The van der Waals surface area contributed by atoms with Crippen LogP contribution < -0.4 is 10.2 Å². The predicted octanol–water partition coefficient (Wildman–Crippen LogP) is 2.20. The zero-order valence-corrected chi connectivity index (χ0v) is 14.7. The van der Waals surface area contributed by atoms with E-state index in [0.29, 0.717) is 0 Å². The van der Waals surface area contributed by atoms with Crippen molar-refractivity contribution in [3.8, 4) is 11.4 Å². The quantitative estimate of drug-likeness (QED) is 0.905. The smallest absolute Gasteiger partial charge is 0.163 e. The normalized spacial score (nSPS) is 20.4. The van der Waals surface area contributed by atoms with E-state index in [1.54, 1.807) is 6.20 Å². The van der Waals surface area contributed by atoms with E-state index in [9.17, 15) is 0 Å². The van der Waals surface area contributed by atoms with Gasteiger partial charge in [0.1, 0.15) is 5.82 Å². The standard InChI is InChI=1S/C19H25N5O/c1-15-13-17(23-18(22-15)16-3-2-7-21-14-16)24-10-9-20-8-4-19(24)5-11-25-12-6-19/h2-3,7,13-14,20H,4-6,8-12H2,1H3. The molecule has 0 aromatic carbocycles. The molecule has 0 unspecified atom stereocenters. The third kappa shape index (κ3) is 3.37. The van der Waals surface area contributed by atoms with Crippen molar-refractivity contribution >= 4 is 5.82 Å². The van der Waals surface area contributed by atoms with E-state index < -0.39 is 0 Å². The van der Waals surface area contributed by atoms with Crippen LogP contribution in [-0.2, 0) is 4.74 Å². The number of aryl methyl sites for hydroxylation is 1. The number of nitrogens with one attached hydrogen (secondary N) is 1. The van der Waals surface area contributed by atoms with Gasteiger partial charge in [-0.15, -0.1) is 0 Å². The van der Waals surface area contributed by atoms with Crippen LogP contribution >= 0.6 is 0 Å². The number of pyridine rings is 1. The van der Waals surface area contributed by atoms with Crippen molar-refractivity contribution < 1.29 is 4.74 Å². The highest BCUT2D eigenvalue weighted by molar-refractivity contribution is 5.57. The maximum atomic E-state index is 5.65. The summed E-state index contributed by atoms with van der Waals surface area (Å²) >= 11 is 0. The van der Waals surface area contributed by atoms with E-state index in [-0.39, 0.29) is 5.54 Å². The molecular weight excluding hydrogens is 314 g/mol. The molecular formula is C19H25N5O. The van der Waals surface area contributed by atoms with Crippen LogP contribution in [0.3, 0.4) is 0 Å². The van der Waals surface area contributed by atoms with Crippen LogP contribution in [0.15, 0.2) is 30.6 Å². The Kier molecular flexibility index (Phi) is 4.63. The van der Waals surface area contributed by atoms with Crippen molar-refractivity contribution in [2.45, 2.75) is 31.7 Å². The van der Waals surface area contributed by atoms with Crippen molar-refractivity contribution in [2.75, 3.05) is 37.7 Å². The van der Waals surface area contributed by atoms with Crippen molar-refractivity contribution in [1.29, 1.82) is 0 Å². The van der Waals surface area contributed by atoms with Gasteiger partial charge in [-0.3, -0.25) is 4.98 Å². The van der Waals surface area contributed by atoms with Crippen LogP contribution in [0.1, 0.15) is 25.0 Å². The third-order valence-corrected chi connectivity index (χ3v) is 5.31. The maximum Gasteiger partial charge on any atom is 0.163 e. The molecule has 2 saturated heterocycles. The van der Waals surface area contributed by atoms with Crippen molar-refractivity contribution in [3.05, 3.63) is 36.3 Å². The first kappa shape index (κ1) is 16.4. The number of ether oxygens (including phenoxy) is 1. The van der Waals surface area contributed by atoms with Gasteiger partial charge in [-0.05, 0) is 44.9 Å². The average molecular weight is 339 g/mol. The number of rotatable bonds is 2. The lowest BCUT2D eigenvalue weighted by atomic mass is 9.84. The molecule has 6 nitrogen and oxygen atoms in total. The molecule has 2 aromatic heterocycles. The Hall–Kier alpha value is -2.05. The van der Waals surface area contributed by atoms with Gasteiger partial charge in [0.15, 0.2) is 5.82 Å². The molecule has 0 amide bonds. The van der Waals surface area contributed by atoms with Gasteiger partial charge in [-0.2, -0.15) is 0 Å². The lowest BCUT2D eigenvalue weighted by molar-refractivity contribution is 0.0485. The number of hydrogen-bond donors (Lipinski definition) is 1. The molecule has 4 rings (SSSR count). The first-order valence-electron chi connectivity index (χ1n) is 9.09. The highest BCUT2D eigenvalue weighted by Crippen LogP contribution is 2.36. The summed E-state index contributed by atoms with van der Waals surface area (Å²) in [6.45, 7) is 6.69. The predicted molar refractivity (Wildman–Crippen MR) is 97.6 cm³/mol. The molecule has 6 heteroatoms. The van der Waals surface area contributed by atoms with E-state index in [2.05, 4.69) is 26.3 Å². The van der Waals surface area contributed by atoms with Crippen molar-refractivity contribution in [1.82, 2.24) is 20.3 Å². The molecule has 132 valence electrons. The fourth-order valence-electron chi connectivity index (χ4n) is 3.95. The molecule has 0 atom stereocenters. The minimum Gasteiger partial charge on any atom is -0.381 e. The summed E-state index contributed by atoms with van der Waals surface area (Å²) in [7, 11) is 0. The van der Waals surface area contributed by atoms with E-state index in [1.807, 2.05) is 25.3 Å². The largest absolute Gasteiger partial charge is 0.381 e. The summed E-state index contributed by atoms with van der Waals surface area (Å²) in [5, 5.41) is 3.54. The molecule has 25 heavy (non-hydrogen) atoms. The lowest BCUT2D eigenvalue weighted by Crippen LogP contribution is -2.53. The second-order valence-corrected chi connectivity index (χ2v) is 6.92. The highest BCUT2D eigenvalue weighted by Gasteiger charge is 2.40. The second-order valence-electron chi connectivity index (χ2n) is 6.92. The Morgan fingerprint density at radius 1 is 1.16 bits per heavy atom. The Morgan fingerprint density at radius 3 is 2.84 bits per heavy atom. The van der Waals surface area contributed by atoms with E-state index >= 15 is 0 Å². The van der Waals surface area contributed by atoms with Gasteiger partial charge in [-0.1, -0.05) is 0 Å². The number of hydrogen-bond acceptors (Lipinski definition) is 6. The Morgan fingerprint density at radius 2 is 2.04 bits per heavy atom. The average Bonchev–Trinajstić information content (AvgIpc) is 2.85. The molecule has 1 N–H and O–H groups in total. The number of anilines is 1. The zero-order chi connectivity index (χ0) is 17.1. The van der Waals surface area contributed by atoms with Gasteiger partial charge in [0.25, 0.3) is 0 Å². The summed E-state index contributed by atoms with van der Waals surface area (Å²) in [5.41, 5.74) is 2.08. The van der Waals surface area contributed by atoms with Crippen LogP contribution in [0.4, 0.5) is 5.82 Å². The molecule has 2 aromatic rings. The van der Waals surface area contributed by atoms with E-state index in [4.69, 9.17) is 9.72 Å². The Balaban J connectivity index is 1.75. The number of aromatic nitrogens is 3. The topological polar surface area (TPSA) is 63.2 Å². The van der Waals surface area contributed by atoms with Crippen molar-refractivity contribution in [2.24, 2.45) is 0 Å². The summed E-state index contributed by atoms with van der Waals surface area (Å²) in [5.74, 6) is 1.78. The van der Waals surface area contributed by atoms with Crippen molar-refractivity contribution in [3.63, 3.8) is 0 Å². The first-order chi connectivity index (χ1) is 12.3. The minimum atomic E-state index is 0.134. The monoisotopic (exact) mass is 339 g/mol. The minimum absolute atomic E-state index is 0.134. The molecule has 2 aliphatic heterocycles. The van der Waals surface area contributed by atoms with Crippen LogP contribution in [0.2, 0.25) is 0 Å².